The van der Waals surface area contributed by atoms with E-state index < -0.39 is 9.84 Å². The molecule has 1 aliphatic heterocycles. The molecule has 4 nitrogen and oxygen atoms in total. The van der Waals surface area contributed by atoms with Gasteiger partial charge in [0, 0.05) is 18.7 Å². The van der Waals surface area contributed by atoms with Gasteiger partial charge in [0.2, 0.25) is 5.91 Å². The molecule has 1 aliphatic rings. The predicted octanol–water partition coefficient (Wildman–Crippen LogP) is 4.19. The fourth-order valence-corrected chi connectivity index (χ4v) is 5.10. The first-order valence-corrected chi connectivity index (χ1v) is 11.4. The molecule has 0 aromatic heterocycles. The Balaban J connectivity index is 1.77. The van der Waals surface area contributed by atoms with E-state index in [1.54, 1.807) is 0 Å². The second kappa shape index (κ2) is 8.26. The largest absolute Gasteiger partial charge is 0.312 e. The molecule has 0 aliphatic carbocycles. The van der Waals surface area contributed by atoms with E-state index in [2.05, 4.69) is 6.92 Å². The standard InChI is InChI=1S/C22H27NO3S/c1-3-4-12-23-21-10-8-19(14-20(21)9-11-22(23)24)16-27(25,26)15-18-7-5-6-17(2)13-18/h5-8,10,13-14H,3-4,9,11-12,15-16H2,1-2H3. The summed E-state index contributed by atoms with van der Waals surface area (Å²) in [5.74, 6) is 0.236. The van der Waals surface area contributed by atoms with Crippen LogP contribution >= 0.6 is 0 Å². The zero-order chi connectivity index (χ0) is 19.4. The van der Waals surface area contributed by atoms with E-state index in [9.17, 15) is 13.2 Å². The zero-order valence-corrected chi connectivity index (χ0v) is 16.9. The summed E-state index contributed by atoms with van der Waals surface area (Å²) in [5, 5.41) is 0. The van der Waals surface area contributed by atoms with Crippen LogP contribution in [0.25, 0.3) is 0 Å². The third-order valence-corrected chi connectivity index (χ3v) is 6.48. The van der Waals surface area contributed by atoms with Crippen molar-refractivity contribution in [3.63, 3.8) is 0 Å². The van der Waals surface area contributed by atoms with Crippen LogP contribution in [0.1, 0.15) is 48.4 Å². The van der Waals surface area contributed by atoms with Crippen molar-refractivity contribution in [1.29, 1.82) is 0 Å². The summed E-state index contributed by atoms with van der Waals surface area (Å²) in [5.41, 5.74) is 4.71. The van der Waals surface area contributed by atoms with Crippen molar-refractivity contribution in [3.8, 4) is 0 Å². The maximum Gasteiger partial charge on any atom is 0.227 e. The van der Waals surface area contributed by atoms with E-state index in [1.165, 1.54) is 0 Å². The molecule has 1 heterocycles. The smallest absolute Gasteiger partial charge is 0.227 e. The molecule has 0 radical (unpaired) electrons. The van der Waals surface area contributed by atoms with Crippen molar-refractivity contribution >= 4 is 21.4 Å². The highest BCUT2D eigenvalue weighted by molar-refractivity contribution is 7.89. The molecule has 1 amide bonds. The second-order valence-corrected chi connectivity index (χ2v) is 9.45. The zero-order valence-electron chi connectivity index (χ0n) is 16.1. The van der Waals surface area contributed by atoms with E-state index in [0.717, 1.165) is 47.3 Å². The van der Waals surface area contributed by atoms with E-state index in [0.29, 0.717) is 12.8 Å². The average molecular weight is 386 g/mol. The highest BCUT2D eigenvalue weighted by Crippen LogP contribution is 2.30. The number of aryl methyl sites for hydroxylation is 2. The number of fused-ring (bicyclic) bond motifs is 1. The average Bonchev–Trinajstić information content (AvgIpc) is 2.60. The number of carbonyl (C=O) groups excluding carboxylic acids is 1. The van der Waals surface area contributed by atoms with Crippen LogP contribution in [0, 0.1) is 6.92 Å². The normalized spacial score (nSPS) is 14.3. The monoisotopic (exact) mass is 385 g/mol. The van der Waals surface area contributed by atoms with Crippen LogP contribution in [0.3, 0.4) is 0 Å². The lowest BCUT2D eigenvalue weighted by Crippen LogP contribution is -2.35. The Hall–Kier alpha value is -2.14. The summed E-state index contributed by atoms with van der Waals surface area (Å²) in [6.45, 7) is 4.80. The molecule has 0 unspecified atom stereocenters. The minimum absolute atomic E-state index is 0.0249. The Labute approximate surface area is 162 Å². The van der Waals surface area contributed by atoms with Gasteiger partial charge >= 0.3 is 0 Å². The lowest BCUT2D eigenvalue weighted by atomic mass is 9.99. The van der Waals surface area contributed by atoms with Gasteiger partial charge in [-0.1, -0.05) is 55.3 Å². The number of rotatable bonds is 7. The van der Waals surface area contributed by atoms with E-state index in [-0.39, 0.29) is 17.4 Å². The van der Waals surface area contributed by atoms with E-state index >= 15 is 0 Å². The molecule has 2 aromatic rings. The number of sulfone groups is 1. The summed E-state index contributed by atoms with van der Waals surface area (Å²) in [7, 11) is -3.25. The van der Waals surface area contributed by atoms with Crippen molar-refractivity contribution in [3.05, 3.63) is 64.7 Å². The Bertz CT molecular complexity index is 934. The van der Waals surface area contributed by atoms with Crippen molar-refractivity contribution in [2.24, 2.45) is 0 Å². The Morgan fingerprint density at radius 1 is 1.00 bits per heavy atom. The van der Waals surface area contributed by atoms with Gasteiger partial charge in [0.15, 0.2) is 9.84 Å². The Morgan fingerprint density at radius 3 is 2.44 bits per heavy atom. The van der Waals surface area contributed by atoms with Gasteiger partial charge in [-0.3, -0.25) is 4.79 Å². The fourth-order valence-electron chi connectivity index (χ4n) is 3.63. The third kappa shape index (κ3) is 4.98. The van der Waals surface area contributed by atoms with Crippen LogP contribution < -0.4 is 4.90 Å². The van der Waals surface area contributed by atoms with Gasteiger partial charge in [-0.25, -0.2) is 8.42 Å². The summed E-state index contributed by atoms with van der Waals surface area (Å²) in [4.78, 5) is 14.1. The van der Waals surface area contributed by atoms with Crippen LogP contribution in [-0.2, 0) is 32.6 Å². The number of carbonyl (C=O) groups is 1. The predicted molar refractivity (Wildman–Crippen MR) is 110 cm³/mol. The van der Waals surface area contributed by atoms with Gasteiger partial charge < -0.3 is 4.90 Å². The number of hydrogen-bond donors (Lipinski definition) is 0. The minimum Gasteiger partial charge on any atom is -0.312 e. The fraction of sp³-hybridized carbons (Fsp3) is 0.409. The Morgan fingerprint density at radius 2 is 1.74 bits per heavy atom. The molecule has 2 aromatic carbocycles. The van der Waals surface area contributed by atoms with Crippen LogP contribution in [0.5, 0.6) is 0 Å². The van der Waals surface area contributed by atoms with Crippen molar-refractivity contribution in [1.82, 2.24) is 0 Å². The lowest BCUT2D eigenvalue weighted by Gasteiger charge is -2.29. The minimum atomic E-state index is -3.25. The molecular weight excluding hydrogens is 358 g/mol. The number of benzene rings is 2. The van der Waals surface area contributed by atoms with Crippen molar-refractivity contribution < 1.29 is 13.2 Å². The van der Waals surface area contributed by atoms with Gasteiger partial charge in [0.05, 0.1) is 11.5 Å². The van der Waals surface area contributed by atoms with Crippen LogP contribution in [0.2, 0.25) is 0 Å². The summed E-state index contributed by atoms with van der Waals surface area (Å²) in [6, 6.07) is 13.4. The SMILES string of the molecule is CCCCN1C(=O)CCc2cc(CS(=O)(=O)Cc3cccc(C)c3)ccc21. The summed E-state index contributed by atoms with van der Waals surface area (Å²) in [6.07, 6.45) is 3.19. The van der Waals surface area contributed by atoms with Crippen LogP contribution in [0.4, 0.5) is 5.69 Å². The molecular formula is C22H27NO3S. The highest BCUT2D eigenvalue weighted by atomic mass is 32.2. The molecule has 0 bridgehead atoms. The molecule has 0 atom stereocenters. The third-order valence-electron chi connectivity index (χ3n) is 4.93. The molecule has 3 rings (SSSR count). The molecule has 5 heteroatoms. The number of anilines is 1. The maximum atomic E-state index is 12.6. The molecule has 0 saturated carbocycles. The molecule has 27 heavy (non-hydrogen) atoms. The van der Waals surface area contributed by atoms with Crippen molar-refractivity contribution in [2.75, 3.05) is 11.4 Å². The molecule has 144 valence electrons. The van der Waals surface area contributed by atoms with Gasteiger partial charge in [0.1, 0.15) is 0 Å². The van der Waals surface area contributed by atoms with Crippen molar-refractivity contribution in [2.45, 2.75) is 51.0 Å². The number of hydrogen-bond acceptors (Lipinski definition) is 3. The summed E-state index contributed by atoms with van der Waals surface area (Å²) >= 11 is 0. The number of amides is 1. The van der Waals surface area contributed by atoms with Gasteiger partial charge in [-0.2, -0.15) is 0 Å². The number of nitrogens with zero attached hydrogens (tertiary/aromatic N) is 1. The summed E-state index contributed by atoms with van der Waals surface area (Å²) < 4.78 is 25.3. The molecule has 0 spiro atoms. The lowest BCUT2D eigenvalue weighted by molar-refractivity contribution is -0.118. The molecule has 0 saturated heterocycles. The first-order valence-electron chi connectivity index (χ1n) is 9.56. The van der Waals surface area contributed by atoms with E-state index in [4.69, 9.17) is 0 Å². The quantitative estimate of drug-likeness (QED) is 0.718. The Kier molecular flexibility index (Phi) is 6.00. The van der Waals surface area contributed by atoms with Gasteiger partial charge in [-0.15, -0.1) is 0 Å². The maximum absolute atomic E-state index is 12.6. The van der Waals surface area contributed by atoms with E-state index in [1.807, 2.05) is 54.3 Å². The first kappa shape index (κ1) is 19.6. The molecule has 0 fully saturated rings. The number of unbranched alkanes of at least 4 members (excludes halogenated alkanes) is 1. The second-order valence-electron chi connectivity index (χ2n) is 7.38. The van der Waals surface area contributed by atoms with Crippen LogP contribution in [0.15, 0.2) is 42.5 Å². The topological polar surface area (TPSA) is 54.5 Å². The molecule has 0 N–H and O–H groups in total. The van der Waals surface area contributed by atoms with Gasteiger partial charge in [0.25, 0.3) is 0 Å². The highest BCUT2D eigenvalue weighted by Gasteiger charge is 2.24. The van der Waals surface area contributed by atoms with Crippen LogP contribution in [-0.4, -0.2) is 20.9 Å². The first-order chi connectivity index (χ1) is 12.9. The van der Waals surface area contributed by atoms with Gasteiger partial charge in [-0.05, 0) is 42.5 Å².